The molecule has 0 spiro atoms. The molecule has 0 aliphatic heterocycles. The summed E-state index contributed by atoms with van der Waals surface area (Å²) in [4.78, 5) is 14.8. The minimum absolute atomic E-state index is 0.0626. The zero-order chi connectivity index (χ0) is 12.6. The third-order valence-electron chi connectivity index (χ3n) is 4.53. The van der Waals surface area contributed by atoms with Gasteiger partial charge < -0.3 is 0 Å². The van der Waals surface area contributed by atoms with Crippen LogP contribution in [0, 0.1) is 17.3 Å². The molecule has 2 nitrogen and oxygen atoms in total. The van der Waals surface area contributed by atoms with Crippen molar-refractivity contribution in [1.29, 1.82) is 0 Å². The third kappa shape index (κ3) is 3.09. The van der Waals surface area contributed by atoms with Crippen LogP contribution in [0.1, 0.15) is 53.4 Å². The number of nitrogens with zero attached hydrogens (tertiary/aromatic N) is 1. The summed E-state index contributed by atoms with van der Waals surface area (Å²) in [5.41, 5.74) is -0.0626. The second-order valence-electron chi connectivity index (χ2n) is 6.97. The summed E-state index contributed by atoms with van der Waals surface area (Å²) in [6, 6.07) is 0.576. The normalized spacial score (nSPS) is 28.4. The lowest BCUT2D eigenvalue weighted by Crippen LogP contribution is -2.39. The van der Waals surface area contributed by atoms with Crippen molar-refractivity contribution in [2.24, 2.45) is 17.3 Å². The van der Waals surface area contributed by atoms with Crippen LogP contribution >= 0.6 is 0 Å². The number of ketones is 1. The molecule has 2 saturated carbocycles. The van der Waals surface area contributed by atoms with E-state index in [0.717, 1.165) is 25.3 Å². The van der Waals surface area contributed by atoms with E-state index >= 15 is 0 Å². The molecule has 2 aliphatic carbocycles. The molecule has 0 aromatic carbocycles. The lowest BCUT2D eigenvalue weighted by Gasteiger charge is -2.29. The Morgan fingerprint density at radius 3 is 2.29 bits per heavy atom. The second kappa shape index (κ2) is 4.72. The molecule has 0 aromatic heterocycles. The zero-order valence-corrected chi connectivity index (χ0v) is 11.8. The van der Waals surface area contributed by atoms with Crippen molar-refractivity contribution >= 4 is 5.78 Å². The summed E-state index contributed by atoms with van der Waals surface area (Å²) in [5.74, 6) is 1.71. The van der Waals surface area contributed by atoms with Gasteiger partial charge in [-0.1, -0.05) is 13.8 Å². The highest BCUT2D eigenvalue weighted by Crippen LogP contribution is 2.38. The van der Waals surface area contributed by atoms with Gasteiger partial charge >= 0.3 is 0 Å². The van der Waals surface area contributed by atoms with E-state index in [9.17, 15) is 4.79 Å². The smallest absolute Gasteiger partial charge is 0.142 e. The third-order valence-corrected chi connectivity index (χ3v) is 4.53. The van der Waals surface area contributed by atoms with Crippen molar-refractivity contribution in [1.82, 2.24) is 4.90 Å². The molecule has 0 bridgehead atoms. The molecular weight excluding hydrogens is 210 g/mol. The topological polar surface area (TPSA) is 20.3 Å². The molecular formula is C15H27NO. The van der Waals surface area contributed by atoms with Crippen LogP contribution in [0.4, 0.5) is 0 Å². The van der Waals surface area contributed by atoms with Crippen LogP contribution in [0.3, 0.4) is 0 Å². The lowest BCUT2D eigenvalue weighted by molar-refractivity contribution is -0.128. The van der Waals surface area contributed by atoms with Gasteiger partial charge in [-0.2, -0.15) is 0 Å². The van der Waals surface area contributed by atoms with Gasteiger partial charge in [0.05, 0.1) is 0 Å². The fourth-order valence-electron chi connectivity index (χ4n) is 2.93. The molecule has 0 saturated heterocycles. The Kier molecular flexibility index (Phi) is 3.63. The van der Waals surface area contributed by atoms with E-state index < -0.39 is 0 Å². The number of hydrogen-bond donors (Lipinski definition) is 0. The van der Waals surface area contributed by atoms with Crippen LogP contribution in [-0.2, 0) is 4.79 Å². The van der Waals surface area contributed by atoms with Gasteiger partial charge in [-0.25, -0.2) is 0 Å². The summed E-state index contributed by atoms with van der Waals surface area (Å²) in [6.07, 6.45) is 4.96. The highest BCUT2D eigenvalue weighted by Gasteiger charge is 2.41. The van der Waals surface area contributed by atoms with Crippen molar-refractivity contribution in [3.8, 4) is 0 Å². The number of hydrogen-bond acceptors (Lipinski definition) is 2. The number of rotatable bonds is 5. The standard InChI is InChI=1S/C15H27NO/c1-11(2)16(9-12-5-6-12)10-13-7-8-15(3,4)14(13)17/h11-13H,5-10H2,1-4H3. The predicted molar refractivity (Wildman–Crippen MR) is 70.9 cm³/mol. The van der Waals surface area contributed by atoms with Crippen LogP contribution in [-0.4, -0.2) is 29.8 Å². The van der Waals surface area contributed by atoms with Crippen molar-refractivity contribution < 1.29 is 4.79 Å². The summed E-state index contributed by atoms with van der Waals surface area (Å²) in [6.45, 7) is 10.9. The average molecular weight is 237 g/mol. The van der Waals surface area contributed by atoms with Gasteiger partial charge in [-0.15, -0.1) is 0 Å². The van der Waals surface area contributed by atoms with E-state index in [2.05, 4.69) is 32.6 Å². The molecule has 2 heteroatoms. The summed E-state index contributed by atoms with van der Waals surface area (Å²) >= 11 is 0. The van der Waals surface area contributed by atoms with Gasteiger partial charge in [-0.05, 0) is 45.4 Å². The Morgan fingerprint density at radius 2 is 1.88 bits per heavy atom. The van der Waals surface area contributed by atoms with Gasteiger partial charge in [0.1, 0.15) is 5.78 Å². The maximum atomic E-state index is 12.3. The van der Waals surface area contributed by atoms with Gasteiger partial charge in [0, 0.05) is 30.5 Å². The first-order chi connectivity index (χ1) is 7.90. The van der Waals surface area contributed by atoms with Gasteiger partial charge in [0.2, 0.25) is 0 Å². The molecule has 1 unspecified atom stereocenters. The molecule has 17 heavy (non-hydrogen) atoms. The molecule has 0 N–H and O–H groups in total. The van der Waals surface area contributed by atoms with E-state index in [4.69, 9.17) is 0 Å². The SMILES string of the molecule is CC(C)N(CC1CC1)CC1CCC(C)(C)C1=O. The van der Waals surface area contributed by atoms with E-state index in [1.54, 1.807) is 0 Å². The molecule has 2 aliphatic rings. The highest BCUT2D eigenvalue weighted by molar-refractivity contribution is 5.88. The average Bonchev–Trinajstić information content (AvgIpc) is 3.00. The van der Waals surface area contributed by atoms with E-state index in [1.165, 1.54) is 19.4 Å². The summed E-state index contributed by atoms with van der Waals surface area (Å²) in [7, 11) is 0. The number of carbonyl (C=O) groups excluding carboxylic acids is 1. The van der Waals surface area contributed by atoms with Crippen LogP contribution < -0.4 is 0 Å². The molecule has 0 radical (unpaired) electrons. The Morgan fingerprint density at radius 1 is 1.24 bits per heavy atom. The molecule has 0 heterocycles. The Hall–Kier alpha value is -0.370. The van der Waals surface area contributed by atoms with Crippen molar-refractivity contribution in [3.05, 3.63) is 0 Å². The minimum Gasteiger partial charge on any atom is -0.300 e. The van der Waals surface area contributed by atoms with Crippen molar-refractivity contribution in [3.63, 3.8) is 0 Å². The number of carbonyl (C=O) groups is 1. The quantitative estimate of drug-likeness (QED) is 0.732. The Labute approximate surface area is 106 Å². The predicted octanol–water partition coefficient (Wildman–Crippen LogP) is 3.11. The molecule has 2 rings (SSSR count). The minimum atomic E-state index is -0.0626. The number of Topliss-reactive ketones (excluding diaryl/α,β-unsaturated/α-hetero) is 1. The van der Waals surface area contributed by atoms with E-state index in [-0.39, 0.29) is 5.41 Å². The highest BCUT2D eigenvalue weighted by atomic mass is 16.1. The van der Waals surface area contributed by atoms with Crippen LogP contribution in [0.2, 0.25) is 0 Å². The van der Waals surface area contributed by atoms with Gasteiger partial charge in [0.15, 0.2) is 0 Å². The first-order valence-electron chi connectivity index (χ1n) is 7.18. The Bertz CT molecular complexity index is 291. The second-order valence-corrected chi connectivity index (χ2v) is 6.97. The lowest BCUT2D eigenvalue weighted by atomic mass is 9.89. The molecule has 0 amide bonds. The molecule has 1 atom stereocenters. The van der Waals surface area contributed by atoms with Crippen molar-refractivity contribution in [2.45, 2.75) is 59.4 Å². The van der Waals surface area contributed by atoms with Gasteiger partial charge in [-0.3, -0.25) is 9.69 Å². The first kappa shape index (κ1) is 13.1. The Balaban J connectivity index is 1.91. The molecule has 0 aromatic rings. The fourth-order valence-corrected chi connectivity index (χ4v) is 2.93. The van der Waals surface area contributed by atoms with E-state index in [1.807, 2.05) is 0 Å². The molecule has 2 fully saturated rings. The zero-order valence-electron chi connectivity index (χ0n) is 11.8. The maximum absolute atomic E-state index is 12.3. The summed E-state index contributed by atoms with van der Waals surface area (Å²) in [5, 5.41) is 0. The first-order valence-corrected chi connectivity index (χ1v) is 7.18. The van der Waals surface area contributed by atoms with E-state index in [0.29, 0.717) is 17.7 Å². The van der Waals surface area contributed by atoms with Crippen LogP contribution in [0.5, 0.6) is 0 Å². The summed E-state index contributed by atoms with van der Waals surface area (Å²) < 4.78 is 0. The van der Waals surface area contributed by atoms with Crippen LogP contribution in [0.15, 0.2) is 0 Å². The largest absolute Gasteiger partial charge is 0.300 e. The molecule has 98 valence electrons. The fraction of sp³-hybridized carbons (Fsp3) is 0.933. The van der Waals surface area contributed by atoms with Crippen LogP contribution in [0.25, 0.3) is 0 Å². The van der Waals surface area contributed by atoms with Crippen molar-refractivity contribution in [2.75, 3.05) is 13.1 Å². The van der Waals surface area contributed by atoms with Gasteiger partial charge in [0.25, 0.3) is 0 Å². The maximum Gasteiger partial charge on any atom is 0.142 e. The monoisotopic (exact) mass is 237 g/mol.